The average molecular weight is 262 g/mol. The first-order valence-corrected chi connectivity index (χ1v) is 5.51. The molecule has 4 nitrogen and oxygen atoms in total. The van der Waals surface area contributed by atoms with Crippen molar-refractivity contribution in [2.45, 2.75) is 45.2 Å². The zero-order valence-corrected chi connectivity index (χ0v) is 10.6. The van der Waals surface area contributed by atoms with Gasteiger partial charge in [0.25, 0.3) is 0 Å². The van der Waals surface area contributed by atoms with Crippen molar-refractivity contribution in [1.82, 2.24) is 9.78 Å². The van der Waals surface area contributed by atoms with Crippen LogP contribution in [-0.4, -0.2) is 28.1 Å². The first kappa shape index (κ1) is 13.4. The highest BCUT2D eigenvalue weighted by Crippen LogP contribution is 2.36. The molecule has 1 aliphatic rings. The summed E-state index contributed by atoms with van der Waals surface area (Å²) in [6, 6.07) is 1.25. The lowest BCUT2D eigenvalue weighted by Gasteiger charge is -2.32. The molecule has 0 aliphatic carbocycles. The smallest absolute Gasteiger partial charge is 0.398 e. The molecule has 1 aliphatic heterocycles. The Hall–Kier alpha value is -1.02. The molecule has 1 saturated heterocycles. The fraction of sp³-hybridized carbons (Fsp3) is 0.700. The number of aromatic nitrogens is 2. The van der Waals surface area contributed by atoms with E-state index in [1.54, 1.807) is 27.7 Å². The number of rotatable bonds is 1. The fourth-order valence-corrected chi connectivity index (χ4v) is 1.67. The molecule has 2 heterocycles. The zero-order chi connectivity index (χ0) is 13.8. The quantitative estimate of drug-likeness (QED) is 0.722. The Morgan fingerprint density at radius 2 is 1.67 bits per heavy atom. The van der Waals surface area contributed by atoms with Crippen LogP contribution in [-0.2, 0) is 15.6 Å². The molecule has 0 amide bonds. The second kappa shape index (κ2) is 3.74. The summed E-state index contributed by atoms with van der Waals surface area (Å²) in [4.78, 5) is 0. The Morgan fingerprint density at radius 1 is 1.17 bits per heavy atom. The van der Waals surface area contributed by atoms with E-state index in [0.29, 0.717) is 0 Å². The van der Waals surface area contributed by atoms with Gasteiger partial charge in [0.1, 0.15) is 0 Å². The summed E-state index contributed by atoms with van der Waals surface area (Å²) in [6.45, 7) is 7.12. The van der Waals surface area contributed by atoms with Crippen LogP contribution in [0.3, 0.4) is 0 Å². The topological polar surface area (TPSA) is 36.3 Å². The summed E-state index contributed by atoms with van der Waals surface area (Å²) >= 11 is 0. The van der Waals surface area contributed by atoms with E-state index in [9.17, 15) is 13.2 Å². The Balaban J connectivity index is 2.34. The van der Waals surface area contributed by atoms with Gasteiger partial charge >= 0.3 is 13.4 Å². The first-order valence-electron chi connectivity index (χ1n) is 5.51. The summed E-state index contributed by atoms with van der Waals surface area (Å²) in [6.07, 6.45) is -3.50. The molecule has 100 valence electrons. The van der Waals surface area contributed by atoms with Crippen LogP contribution in [0.2, 0.25) is 0 Å². The van der Waals surface area contributed by atoms with Gasteiger partial charge in [-0.15, -0.1) is 13.2 Å². The van der Waals surface area contributed by atoms with Crippen LogP contribution in [0.5, 0.6) is 0 Å². The van der Waals surface area contributed by atoms with Crippen molar-refractivity contribution < 1.29 is 22.5 Å². The molecule has 0 bridgehead atoms. The SMILES string of the molecule is CC1(C)OB(c2ccnn2C(F)(F)F)OC1(C)C. The van der Waals surface area contributed by atoms with Crippen molar-refractivity contribution in [2.75, 3.05) is 0 Å². The minimum atomic E-state index is -4.58. The number of halogens is 3. The van der Waals surface area contributed by atoms with E-state index in [1.165, 1.54) is 6.07 Å². The molecule has 0 radical (unpaired) electrons. The van der Waals surface area contributed by atoms with Gasteiger partial charge in [0.05, 0.1) is 16.8 Å². The monoisotopic (exact) mass is 262 g/mol. The van der Waals surface area contributed by atoms with Gasteiger partial charge in [0, 0.05) is 6.20 Å². The van der Waals surface area contributed by atoms with Gasteiger partial charge < -0.3 is 9.31 Å². The van der Waals surface area contributed by atoms with Crippen molar-refractivity contribution >= 4 is 12.7 Å². The van der Waals surface area contributed by atoms with Gasteiger partial charge in [-0.05, 0) is 33.8 Å². The molecule has 0 saturated carbocycles. The van der Waals surface area contributed by atoms with Crippen LogP contribution >= 0.6 is 0 Å². The number of nitrogens with zero attached hydrogens (tertiary/aromatic N) is 2. The van der Waals surface area contributed by atoms with Crippen molar-refractivity contribution in [3.05, 3.63) is 12.3 Å². The highest BCUT2D eigenvalue weighted by atomic mass is 19.4. The van der Waals surface area contributed by atoms with Gasteiger partial charge in [-0.3, -0.25) is 0 Å². The molecule has 1 aromatic heterocycles. The van der Waals surface area contributed by atoms with Gasteiger partial charge in [0.2, 0.25) is 0 Å². The third-order valence-electron chi connectivity index (χ3n) is 3.41. The van der Waals surface area contributed by atoms with Crippen LogP contribution in [0.1, 0.15) is 27.7 Å². The number of hydrogen-bond acceptors (Lipinski definition) is 3. The molecule has 0 unspecified atom stereocenters. The molecular weight excluding hydrogens is 248 g/mol. The maximum absolute atomic E-state index is 12.7. The van der Waals surface area contributed by atoms with Crippen molar-refractivity contribution in [3.63, 3.8) is 0 Å². The van der Waals surface area contributed by atoms with E-state index in [-0.39, 0.29) is 10.3 Å². The molecule has 2 rings (SSSR count). The third kappa shape index (κ3) is 2.03. The molecular formula is C10H14BF3N2O2. The second-order valence-corrected chi connectivity index (χ2v) is 5.22. The minimum Gasteiger partial charge on any atom is -0.398 e. The molecule has 0 N–H and O–H groups in total. The predicted molar refractivity (Wildman–Crippen MR) is 59.2 cm³/mol. The van der Waals surface area contributed by atoms with E-state index < -0.39 is 24.6 Å². The molecule has 0 atom stereocenters. The molecule has 1 fully saturated rings. The third-order valence-corrected chi connectivity index (χ3v) is 3.41. The zero-order valence-electron chi connectivity index (χ0n) is 10.6. The Kier molecular flexibility index (Phi) is 2.79. The lowest BCUT2D eigenvalue weighted by atomic mass is 9.85. The maximum atomic E-state index is 12.7. The van der Waals surface area contributed by atoms with E-state index in [2.05, 4.69) is 5.10 Å². The van der Waals surface area contributed by atoms with E-state index in [0.717, 1.165) is 6.20 Å². The van der Waals surface area contributed by atoms with Crippen molar-refractivity contribution in [1.29, 1.82) is 0 Å². The summed E-state index contributed by atoms with van der Waals surface area (Å²) < 4.78 is 49.2. The van der Waals surface area contributed by atoms with Crippen LogP contribution in [0, 0.1) is 0 Å². The van der Waals surface area contributed by atoms with Crippen LogP contribution in [0.15, 0.2) is 12.3 Å². The van der Waals surface area contributed by atoms with Gasteiger partial charge in [0.15, 0.2) is 0 Å². The molecule has 0 spiro atoms. The fourth-order valence-electron chi connectivity index (χ4n) is 1.67. The first-order chi connectivity index (χ1) is 8.05. The van der Waals surface area contributed by atoms with Gasteiger partial charge in [-0.2, -0.15) is 9.78 Å². The lowest BCUT2D eigenvalue weighted by Crippen LogP contribution is -2.43. The molecule has 1 aromatic rings. The second-order valence-electron chi connectivity index (χ2n) is 5.22. The molecule has 18 heavy (non-hydrogen) atoms. The lowest BCUT2D eigenvalue weighted by molar-refractivity contribution is -0.210. The van der Waals surface area contributed by atoms with Crippen LogP contribution < -0.4 is 5.59 Å². The maximum Gasteiger partial charge on any atom is 0.514 e. The molecule has 0 aromatic carbocycles. The van der Waals surface area contributed by atoms with Crippen molar-refractivity contribution in [2.24, 2.45) is 0 Å². The number of hydrogen-bond donors (Lipinski definition) is 0. The standard InChI is InChI=1S/C10H14BF3N2O2/c1-8(2)9(3,4)18-11(17-8)7-5-6-15-16(7)10(12,13)14/h5-6H,1-4H3. The Bertz CT molecular complexity index is 440. The summed E-state index contributed by atoms with van der Waals surface area (Å²) in [7, 11) is -1.07. The summed E-state index contributed by atoms with van der Waals surface area (Å²) in [5.41, 5.74) is -1.52. The highest BCUT2D eigenvalue weighted by Gasteiger charge is 2.54. The number of alkyl halides is 3. The average Bonchev–Trinajstić information content (AvgIpc) is 2.68. The van der Waals surface area contributed by atoms with E-state index >= 15 is 0 Å². The van der Waals surface area contributed by atoms with Crippen LogP contribution in [0.4, 0.5) is 13.2 Å². The van der Waals surface area contributed by atoms with Gasteiger partial charge in [-0.1, -0.05) is 0 Å². The highest BCUT2D eigenvalue weighted by molar-refractivity contribution is 6.61. The Morgan fingerprint density at radius 3 is 2.11 bits per heavy atom. The normalized spacial score (nSPS) is 22.5. The summed E-state index contributed by atoms with van der Waals surface area (Å²) in [5, 5.41) is 3.26. The van der Waals surface area contributed by atoms with Gasteiger partial charge in [-0.25, -0.2) is 0 Å². The predicted octanol–water partition coefficient (Wildman–Crippen LogP) is 1.66. The summed E-state index contributed by atoms with van der Waals surface area (Å²) in [5.74, 6) is 0. The van der Waals surface area contributed by atoms with E-state index in [1.807, 2.05) is 0 Å². The molecule has 8 heteroatoms. The van der Waals surface area contributed by atoms with Crippen molar-refractivity contribution in [3.8, 4) is 0 Å². The Labute approximate surface area is 103 Å². The van der Waals surface area contributed by atoms with E-state index in [4.69, 9.17) is 9.31 Å². The largest absolute Gasteiger partial charge is 0.514 e. The van der Waals surface area contributed by atoms with Crippen LogP contribution in [0.25, 0.3) is 0 Å². The minimum absolute atomic E-state index is 0.0326.